The molecular weight excluding hydrogens is 264 g/mol. The maximum atomic E-state index is 5.65. The van der Waals surface area contributed by atoms with Crippen LogP contribution in [-0.2, 0) is 11.3 Å². The van der Waals surface area contributed by atoms with Crippen molar-refractivity contribution in [2.24, 2.45) is 0 Å². The normalized spacial score (nSPS) is 19.9. The predicted octanol–water partition coefficient (Wildman–Crippen LogP) is 1.95. The lowest BCUT2D eigenvalue weighted by molar-refractivity contribution is 0.00457. The van der Waals surface area contributed by atoms with E-state index >= 15 is 0 Å². The third-order valence-corrected chi connectivity index (χ3v) is 4.20. The van der Waals surface area contributed by atoms with Crippen molar-refractivity contribution >= 4 is 0 Å². The molecule has 0 bridgehead atoms. The summed E-state index contributed by atoms with van der Waals surface area (Å²) < 4.78 is 7.70. The molecule has 1 aliphatic rings. The minimum absolute atomic E-state index is 0.302. The molecule has 1 atom stereocenters. The number of ether oxygens (including phenoxy) is 1. The van der Waals surface area contributed by atoms with Gasteiger partial charge in [0.2, 0.25) is 0 Å². The molecule has 0 saturated carbocycles. The Morgan fingerprint density at radius 3 is 2.90 bits per heavy atom. The van der Waals surface area contributed by atoms with E-state index in [1.165, 1.54) is 11.3 Å². The molecule has 112 valence electrons. The number of pyridine rings is 1. The SMILES string of the molecule is Cc1nn(Cc2ccccn2)c(C)c1C1COCCN1C. The molecule has 0 aromatic carbocycles. The average Bonchev–Trinajstić information content (AvgIpc) is 2.76. The quantitative estimate of drug-likeness (QED) is 0.865. The lowest BCUT2D eigenvalue weighted by Crippen LogP contribution is -2.37. The second kappa shape index (κ2) is 5.95. The van der Waals surface area contributed by atoms with Gasteiger partial charge < -0.3 is 4.74 Å². The first-order chi connectivity index (χ1) is 10.2. The van der Waals surface area contributed by atoms with E-state index in [1.807, 2.05) is 24.4 Å². The van der Waals surface area contributed by atoms with Crippen LogP contribution in [0.15, 0.2) is 24.4 Å². The van der Waals surface area contributed by atoms with Crippen molar-refractivity contribution in [3.8, 4) is 0 Å². The van der Waals surface area contributed by atoms with Crippen LogP contribution in [-0.4, -0.2) is 46.5 Å². The van der Waals surface area contributed by atoms with E-state index in [0.29, 0.717) is 12.6 Å². The number of nitrogens with zero attached hydrogens (tertiary/aromatic N) is 4. The lowest BCUT2D eigenvalue weighted by atomic mass is 10.0. The molecular formula is C16H22N4O. The molecule has 3 rings (SSSR count). The van der Waals surface area contributed by atoms with E-state index in [-0.39, 0.29) is 0 Å². The van der Waals surface area contributed by atoms with E-state index in [9.17, 15) is 0 Å². The fourth-order valence-electron chi connectivity index (χ4n) is 2.98. The van der Waals surface area contributed by atoms with Gasteiger partial charge in [-0.25, -0.2) is 0 Å². The molecule has 0 radical (unpaired) electrons. The van der Waals surface area contributed by atoms with E-state index in [1.54, 1.807) is 0 Å². The van der Waals surface area contributed by atoms with Gasteiger partial charge in [-0.2, -0.15) is 5.10 Å². The van der Waals surface area contributed by atoms with Crippen molar-refractivity contribution in [2.45, 2.75) is 26.4 Å². The Labute approximate surface area is 125 Å². The molecule has 5 heteroatoms. The average molecular weight is 286 g/mol. The highest BCUT2D eigenvalue weighted by Gasteiger charge is 2.27. The van der Waals surface area contributed by atoms with Crippen molar-refractivity contribution in [1.82, 2.24) is 19.7 Å². The largest absolute Gasteiger partial charge is 0.378 e. The first-order valence-electron chi connectivity index (χ1n) is 7.38. The van der Waals surface area contributed by atoms with Crippen molar-refractivity contribution in [3.63, 3.8) is 0 Å². The molecule has 1 unspecified atom stereocenters. The van der Waals surface area contributed by atoms with Crippen LogP contribution in [0.5, 0.6) is 0 Å². The lowest BCUT2D eigenvalue weighted by Gasteiger charge is -2.32. The Balaban J connectivity index is 1.89. The third kappa shape index (κ3) is 2.84. The highest BCUT2D eigenvalue weighted by atomic mass is 16.5. The van der Waals surface area contributed by atoms with Crippen LogP contribution in [0.4, 0.5) is 0 Å². The number of likely N-dealkylation sites (N-methyl/N-ethyl adjacent to an activating group) is 1. The Bertz CT molecular complexity index is 608. The van der Waals surface area contributed by atoms with Crippen LogP contribution in [0.3, 0.4) is 0 Å². The zero-order valence-electron chi connectivity index (χ0n) is 12.9. The van der Waals surface area contributed by atoms with Gasteiger partial charge in [0, 0.05) is 24.0 Å². The van der Waals surface area contributed by atoms with Gasteiger partial charge in [-0.1, -0.05) is 6.07 Å². The third-order valence-electron chi connectivity index (χ3n) is 4.20. The van der Waals surface area contributed by atoms with Gasteiger partial charge in [-0.15, -0.1) is 0 Å². The van der Waals surface area contributed by atoms with Gasteiger partial charge >= 0.3 is 0 Å². The first kappa shape index (κ1) is 14.2. The molecule has 1 saturated heterocycles. The highest BCUT2D eigenvalue weighted by molar-refractivity contribution is 5.29. The summed E-state index contributed by atoms with van der Waals surface area (Å²) in [6.45, 7) is 7.46. The van der Waals surface area contributed by atoms with E-state index in [2.05, 4.69) is 35.5 Å². The van der Waals surface area contributed by atoms with Crippen LogP contribution in [0.25, 0.3) is 0 Å². The number of rotatable bonds is 3. The van der Waals surface area contributed by atoms with Crippen molar-refractivity contribution < 1.29 is 4.74 Å². The Hall–Kier alpha value is -1.72. The molecule has 2 aromatic heterocycles. The zero-order valence-corrected chi connectivity index (χ0v) is 12.9. The summed E-state index contributed by atoms with van der Waals surface area (Å²) in [6, 6.07) is 6.28. The van der Waals surface area contributed by atoms with Gasteiger partial charge in [0.1, 0.15) is 0 Å². The summed E-state index contributed by atoms with van der Waals surface area (Å²) in [5.74, 6) is 0. The van der Waals surface area contributed by atoms with Crippen molar-refractivity contribution in [2.75, 3.05) is 26.8 Å². The van der Waals surface area contributed by atoms with Crippen LogP contribution in [0.1, 0.15) is 28.7 Å². The number of aromatic nitrogens is 3. The van der Waals surface area contributed by atoms with Gasteiger partial charge in [0.05, 0.1) is 37.2 Å². The van der Waals surface area contributed by atoms with E-state index < -0.39 is 0 Å². The summed E-state index contributed by atoms with van der Waals surface area (Å²) in [4.78, 5) is 6.74. The number of hydrogen-bond donors (Lipinski definition) is 0. The summed E-state index contributed by atoms with van der Waals surface area (Å²) in [6.07, 6.45) is 1.82. The second-order valence-electron chi connectivity index (χ2n) is 5.63. The maximum Gasteiger partial charge on any atom is 0.0834 e. The van der Waals surface area contributed by atoms with Crippen molar-refractivity contribution in [3.05, 3.63) is 47.0 Å². The minimum atomic E-state index is 0.302. The molecule has 0 spiro atoms. The molecule has 21 heavy (non-hydrogen) atoms. The monoisotopic (exact) mass is 286 g/mol. The van der Waals surface area contributed by atoms with Gasteiger partial charge in [-0.3, -0.25) is 14.6 Å². The van der Waals surface area contributed by atoms with E-state index in [0.717, 1.165) is 31.1 Å². The smallest absolute Gasteiger partial charge is 0.0834 e. The maximum absolute atomic E-state index is 5.65. The summed E-state index contributed by atoms with van der Waals surface area (Å²) in [5, 5.41) is 4.71. The zero-order chi connectivity index (χ0) is 14.8. The first-order valence-corrected chi connectivity index (χ1v) is 7.38. The molecule has 0 N–H and O–H groups in total. The van der Waals surface area contributed by atoms with Gasteiger partial charge in [-0.05, 0) is 33.0 Å². The Morgan fingerprint density at radius 1 is 1.33 bits per heavy atom. The molecule has 2 aromatic rings. The van der Waals surface area contributed by atoms with Crippen LogP contribution in [0, 0.1) is 13.8 Å². The summed E-state index contributed by atoms with van der Waals surface area (Å²) in [7, 11) is 2.15. The highest BCUT2D eigenvalue weighted by Crippen LogP contribution is 2.28. The summed E-state index contributed by atoms with van der Waals surface area (Å²) >= 11 is 0. The molecule has 5 nitrogen and oxygen atoms in total. The second-order valence-corrected chi connectivity index (χ2v) is 5.63. The van der Waals surface area contributed by atoms with Crippen LogP contribution < -0.4 is 0 Å². The number of aryl methyl sites for hydroxylation is 1. The van der Waals surface area contributed by atoms with Gasteiger partial charge in [0.25, 0.3) is 0 Å². The fraction of sp³-hybridized carbons (Fsp3) is 0.500. The standard InChI is InChI=1S/C16H22N4O/c1-12-16(15-11-21-9-8-19(15)3)13(2)20(18-12)10-14-6-4-5-7-17-14/h4-7,15H,8-11H2,1-3H3. The Morgan fingerprint density at radius 2 is 2.19 bits per heavy atom. The predicted molar refractivity (Wildman–Crippen MR) is 81.2 cm³/mol. The number of hydrogen-bond acceptors (Lipinski definition) is 4. The molecule has 0 amide bonds. The van der Waals surface area contributed by atoms with Crippen molar-refractivity contribution in [1.29, 1.82) is 0 Å². The summed E-state index contributed by atoms with van der Waals surface area (Å²) in [5.41, 5.74) is 4.63. The molecule has 0 aliphatic carbocycles. The van der Waals surface area contributed by atoms with E-state index in [4.69, 9.17) is 9.84 Å². The Kier molecular flexibility index (Phi) is 4.03. The number of morpholine rings is 1. The van der Waals surface area contributed by atoms with Crippen LogP contribution in [0.2, 0.25) is 0 Å². The molecule has 1 fully saturated rings. The molecule has 1 aliphatic heterocycles. The molecule has 3 heterocycles. The topological polar surface area (TPSA) is 43.2 Å². The van der Waals surface area contributed by atoms with Gasteiger partial charge in [0.15, 0.2) is 0 Å². The minimum Gasteiger partial charge on any atom is -0.378 e. The fourth-order valence-corrected chi connectivity index (χ4v) is 2.98. The van der Waals surface area contributed by atoms with Crippen LogP contribution >= 0.6 is 0 Å².